The van der Waals surface area contributed by atoms with Gasteiger partial charge in [0.2, 0.25) is 5.56 Å². The van der Waals surface area contributed by atoms with Crippen LogP contribution < -0.4 is 10.5 Å². The zero-order valence-electron chi connectivity index (χ0n) is 11.2. The summed E-state index contributed by atoms with van der Waals surface area (Å²) in [6.45, 7) is -0.506. The third-order valence-corrected chi connectivity index (χ3v) is 3.09. The molecule has 4 nitrogen and oxygen atoms in total. The molecular weight excluding hydrogens is 259 g/mol. The largest absolute Gasteiger partial charge is 0.389 e. The first kappa shape index (κ1) is 14.3. The predicted octanol–water partition coefficient (Wildman–Crippen LogP) is 1.81. The summed E-state index contributed by atoms with van der Waals surface area (Å²) in [6.07, 6.45) is 0.687. The molecule has 0 amide bonds. The molecule has 1 atom stereocenters. The number of aliphatic hydroxyl groups excluding tert-OH is 1. The Hall–Kier alpha value is -2.14. The molecule has 1 unspecified atom stereocenters. The number of pyridine rings is 1. The molecule has 0 saturated heterocycles. The van der Waals surface area contributed by atoms with Crippen LogP contribution in [0.3, 0.4) is 0 Å². The first-order valence-electron chi connectivity index (χ1n) is 6.34. The molecule has 1 aromatic heterocycles. The van der Waals surface area contributed by atoms with E-state index in [2.05, 4.69) is 4.98 Å². The maximum Gasteiger partial charge on any atom is 0.247 e. The van der Waals surface area contributed by atoms with E-state index in [-0.39, 0.29) is 12.1 Å². The van der Waals surface area contributed by atoms with E-state index in [0.717, 1.165) is 16.8 Å². The molecular formula is C15H17FN2O2. The van der Waals surface area contributed by atoms with Gasteiger partial charge in [-0.3, -0.25) is 4.79 Å². The Morgan fingerprint density at radius 3 is 2.40 bits per heavy atom. The summed E-state index contributed by atoms with van der Waals surface area (Å²) >= 11 is 0. The van der Waals surface area contributed by atoms with Crippen molar-refractivity contribution in [2.45, 2.75) is 6.10 Å². The standard InChI is InChI=1S/C15H17FN2O2/c1-18(10-14(19)8-16)13-5-2-11(3-6-13)12-4-7-15(20)17-9-12/h2-7,9,14,19H,8,10H2,1H3,(H,17,20). The van der Waals surface area contributed by atoms with Gasteiger partial charge in [-0.25, -0.2) is 4.39 Å². The highest BCUT2D eigenvalue weighted by Crippen LogP contribution is 2.21. The third kappa shape index (κ3) is 3.45. The summed E-state index contributed by atoms with van der Waals surface area (Å²) < 4.78 is 12.3. The molecule has 0 spiro atoms. The van der Waals surface area contributed by atoms with Gasteiger partial charge < -0.3 is 15.0 Å². The van der Waals surface area contributed by atoms with Gasteiger partial charge in [-0.2, -0.15) is 0 Å². The molecule has 0 fully saturated rings. The van der Waals surface area contributed by atoms with Crippen LogP contribution in [0.25, 0.3) is 11.1 Å². The number of aromatic amines is 1. The molecule has 0 aliphatic heterocycles. The minimum Gasteiger partial charge on any atom is -0.389 e. The van der Waals surface area contributed by atoms with E-state index in [0.29, 0.717) is 0 Å². The summed E-state index contributed by atoms with van der Waals surface area (Å²) in [5.41, 5.74) is 2.66. The zero-order chi connectivity index (χ0) is 14.5. The van der Waals surface area contributed by atoms with Gasteiger partial charge in [-0.15, -0.1) is 0 Å². The zero-order valence-corrected chi connectivity index (χ0v) is 11.2. The smallest absolute Gasteiger partial charge is 0.247 e. The lowest BCUT2D eigenvalue weighted by molar-refractivity contribution is 0.146. The van der Waals surface area contributed by atoms with Crippen molar-refractivity contribution in [1.82, 2.24) is 4.98 Å². The molecule has 2 rings (SSSR count). The molecule has 2 N–H and O–H groups in total. The maximum absolute atomic E-state index is 12.3. The van der Waals surface area contributed by atoms with Crippen molar-refractivity contribution in [3.8, 4) is 11.1 Å². The van der Waals surface area contributed by atoms with Crippen LogP contribution in [0.4, 0.5) is 10.1 Å². The summed E-state index contributed by atoms with van der Waals surface area (Å²) in [6, 6.07) is 10.9. The lowest BCUT2D eigenvalue weighted by Crippen LogP contribution is -2.30. The normalized spacial score (nSPS) is 12.2. The first-order valence-corrected chi connectivity index (χ1v) is 6.34. The van der Waals surface area contributed by atoms with Gasteiger partial charge in [0.25, 0.3) is 0 Å². The van der Waals surface area contributed by atoms with Crippen molar-refractivity contribution in [2.75, 3.05) is 25.2 Å². The summed E-state index contributed by atoms with van der Waals surface area (Å²) in [5.74, 6) is 0. The second-order valence-electron chi connectivity index (χ2n) is 4.68. The Kier molecular flexibility index (Phi) is 4.53. The number of nitrogens with zero attached hydrogens (tertiary/aromatic N) is 1. The average molecular weight is 276 g/mol. The molecule has 2 aromatic rings. The van der Waals surface area contributed by atoms with Crippen LogP contribution in [-0.2, 0) is 0 Å². The quantitative estimate of drug-likeness (QED) is 0.875. The molecule has 1 heterocycles. The second-order valence-corrected chi connectivity index (χ2v) is 4.68. The van der Waals surface area contributed by atoms with E-state index < -0.39 is 12.8 Å². The van der Waals surface area contributed by atoms with Crippen LogP contribution >= 0.6 is 0 Å². The van der Waals surface area contributed by atoms with Crippen molar-refractivity contribution in [3.05, 3.63) is 52.9 Å². The molecule has 5 heteroatoms. The summed E-state index contributed by atoms with van der Waals surface area (Å²) in [4.78, 5) is 15.4. The van der Waals surface area contributed by atoms with Gasteiger partial charge in [-0.05, 0) is 29.3 Å². The number of H-pyrrole nitrogens is 1. The van der Waals surface area contributed by atoms with Gasteiger partial charge in [0, 0.05) is 31.5 Å². The number of aromatic nitrogens is 1. The topological polar surface area (TPSA) is 56.3 Å². The number of benzene rings is 1. The van der Waals surface area contributed by atoms with Crippen molar-refractivity contribution < 1.29 is 9.50 Å². The molecule has 106 valence electrons. The number of alkyl halides is 1. The van der Waals surface area contributed by atoms with Crippen LogP contribution in [0.2, 0.25) is 0 Å². The van der Waals surface area contributed by atoms with Gasteiger partial charge in [-0.1, -0.05) is 12.1 Å². The lowest BCUT2D eigenvalue weighted by atomic mass is 10.1. The number of hydrogen-bond donors (Lipinski definition) is 2. The summed E-state index contributed by atoms with van der Waals surface area (Å²) in [5, 5.41) is 9.30. The number of rotatable bonds is 5. The Morgan fingerprint density at radius 2 is 1.85 bits per heavy atom. The predicted molar refractivity (Wildman–Crippen MR) is 77.8 cm³/mol. The van der Waals surface area contributed by atoms with E-state index in [9.17, 15) is 14.3 Å². The maximum atomic E-state index is 12.3. The molecule has 20 heavy (non-hydrogen) atoms. The van der Waals surface area contributed by atoms with E-state index in [1.54, 1.807) is 24.2 Å². The summed E-state index contributed by atoms with van der Waals surface area (Å²) in [7, 11) is 1.80. The highest BCUT2D eigenvalue weighted by atomic mass is 19.1. The van der Waals surface area contributed by atoms with Gasteiger partial charge in [0.1, 0.15) is 6.67 Å². The molecule has 0 radical (unpaired) electrons. The number of nitrogens with one attached hydrogen (secondary N) is 1. The Morgan fingerprint density at radius 1 is 1.20 bits per heavy atom. The fourth-order valence-corrected chi connectivity index (χ4v) is 1.97. The van der Waals surface area contributed by atoms with Crippen LogP contribution in [-0.4, -0.2) is 36.5 Å². The number of hydrogen-bond acceptors (Lipinski definition) is 3. The SMILES string of the molecule is CN(CC(O)CF)c1ccc(-c2ccc(=O)[nH]c2)cc1. The minimum atomic E-state index is -0.973. The number of halogens is 1. The van der Waals surface area contributed by atoms with Crippen LogP contribution in [0.5, 0.6) is 0 Å². The highest BCUT2D eigenvalue weighted by Gasteiger charge is 2.08. The molecule has 0 aliphatic carbocycles. The molecule has 0 bridgehead atoms. The van der Waals surface area contributed by atoms with E-state index in [1.807, 2.05) is 24.3 Å². The van der Waals surface area contributed by atoms with E-state index in [1.165, 1.54) is 6.07 Å². The van der Waals surface area contributed by atoms with Gasteiger partial charge >= 0.3 is 0 Å². The fraction of sp³-hybridized carbons (Fsp3) is 0.267. The highest BCUT2D eigenvalue weighted by molar-refractivity contribution is 5.65. The molecule has 0 saturated carbocycles. The van der Waals surface area contributed by atoms with Crippen LogP contribution in [0.1, 0.15) is 0 Å². The van der Waals surface area contributed by atoms with Crippen molar-refractivity contribution >= 4 is 5.69 Å². The van der Waals surface area contributed by atoms with E-state index >= 15 is 0 Å². The Bertz CT molecular complexity index is 590. The van der Waals surface area contributed by atoms with Gasteiger partial charge in [0.15, 0.2) is 0 Å². The number of anilines is 1. The lowest BCUT2D eigenvalue weighted by Gasteiger charge is -2.21. The molecule has 1 aromatic carbocycles. The van der Waals surface area contributed by atoms with Gasteiger partial charge in [0.05, 0.1) is 6.10 Å². The number of likely N-dealkylation sites (N-methyl/N-ethyl adjacent to an activating group) is 1. The second kappa shape index (κ2) is 6.34. The first-order chi connectivity index (χ1) is 9.60. The van der Waals surface area contributed by atoms with Crippen LogP contribution in [0, 0.1) is 0 Å². The average Bonchev–Trinajstić information content (AvgIpc) is 2.48. The van der Waals surface area contributed by atoms with E-state index in [4.69, 9.17) is 0 Å². The monoisotopic (exact) mass is 276 g/mol. The molecule has 0 aliphatic rings. The fourth-order valence-electron chi connectivity index (χ4n) is 1.97. The Labute approximate surface area is 116 Å². The van der Waals surface area contributed by atoms with Crippen LogP contribution in [0.15, 0.2) is 47.4 Å². The third-order valence-electron chi connectivity index (χ3n) is 3.09. The number of aliphatic hydroxyl groups is 1. The van der Waals surface area contributed by atoms with Crippen molar-refractivity contribution in [3.63, 3.8) is 0 Å². The minimum absolute atomic E-state index is 0.134. The Balaban J connectivity index is 2.13. The van der Waals surface area contributed by atoms with Crippen molar-refractivity contribution in [2.24, 2.45) is 0 Å². The van der Waals surface area contributed by atoms with Crippen molar-refractivity contribution in [1.29, 1.82) is 0 Å².